The first-order valence-electron chi connectivity index (χ1n) is 5.32. The lowest BCUT2D eigenvalue weighted by atomic mass is 10.2. The van der Waals surface area contributed by atoms with Crippen LogP contribution in [0.1, 0.15) is 10.4 Å². The third-order valence-corrected chi connectivity index (χ3v) is 2.61. The number of nitrogens with zero attached hydrogens (tertiary/aromatic N) is 2. The van der Waals surface area contributed by atoms with Crippen LogP contribution in [0.3, 0.4) is 0 Å². The predicted molar refractivity (Wildman–Crippen MR) is 75.2 cm³/mol. The summed E-state index contributed by atoms with van der Waals surface area (Å²) < 4.78 is 4.75. The van der Waals surface area contributed by atoms with Crippen molar-refractivity contribution < 1.29 is 9.53 Å². The smallest absolute Gasteiger partial charge is 0.341 e. The first-order valence-corrected chi connectivity index (χ1v) is 5.32. The molecule has 0 aliphatic carbocycles. The highest BCUT2D eigenvalue weighted by atomic mass is 35.5. The van der Waals surface area contributed by atoms with Crippen molar-refractivity contribution in [1.82, 2.24) is 10.3 Å². The number of halogens is 2. The van der Waals surface area contributed by atoms with Crippen molar-refractivity contribution in [2.24, 2.45) is 0 Å². The largest absolute Gasteiger partial charge is 0.465 e. The summed E-state index contributed by atoms with van der Waals surface area (Å²) in [7, 11) is 1.39. The Bertz CT molecular complexity index is 384. The van der Waals surface area contributed by atoms with Gasteiger partial charge in [-0.3, -0.25) is 0 Å². The molecule has 1 aromatic rings. The Labute approximate surface area is 119 Å². The highest BCUT2D eigenvalue weighted by Gasteiger charge is 2.19. The summed E-state index contributed by atoms with van der Waals surface area (Å²) in [6, 6.07) is 3.49. The van der Waals surface area contributed by atoms with Crippen molar-refractivity contribution in [2.75, 3.05) is 38.2 Å². The van der Waals surface area contributed by atoms with Gasteiger partial charge in [0.1, 0.15) is 11.4 Å². The van der Waals surface area contributed by atoms with Crippen molar-refractivity contribution in [3.05, 3.63) is 23.9 Å². The number of pyridine rings is 1. The maximum absolute atomic E-state index is 11.6. The topological polar surface area (TPSA) is 54.5 Å². The molecule has 2 heterocycles. The summed E-state index contributed by atoms with van der Waals surface area (Å²) in [6.45, 7) is 3.55. The van der Waals surface area contributed by atoms with Gasteiger partial charge >= 0.3 is 5.97 Å². The lowest BCUT2D eigenvalue weighted by Gasteiger charge is -2.29. The molecule has 0 atom stereocenters. The van der Waals surface area contributed by atoms with E-state index in [1.165, 1.54) is 7.11 Å². The molecule has 1 fully saturated rings. The Kier molecular flexibility index (Phi) is 7.66. The average molecular weight is 294 g/mol. The van der Waals surface area contributed by atoms with E-state index in [4.69, 9.17) is 4.74 Å². The molecule has 0 spiro atoms. The maximum Gasteiger partial charge on any atom is 0.341 e. The SMILES string of the molecule is COC(=O)c1cccnc1N1CCNCC1.Cl.Cl. The Hall–Kier alpha value is -1.04. The van der Waals surface area contributed by atoms with Crippen LogP contribution >= 0.6 is 24.8 Å². The molecule has 0 aromatic carbocycles. The molecule has 2 rings (SSSR count). The van der Waals surface area contributed by atoms with E-state index in [2.05, 4.69) is 15.2 Å². The van der Waals surface area contributed by atoms with E-state index in [1.807, 2.05) is 0 Å². The first-order chi connectivity index (χ1) is 7.83. The fourth-order valence-corrected chi connectivity index (χ4v) is 1.79. The minimum atomic E-state index is -0.332. The van der Waals surface area contributed by atoms with Crippen molar-refractivity contribution in [2.45, 2.75) is 0 Å². The maximum atomic E-state index is 11.6. The zero-order chi connectivity index (χ0) is 11.4. The molecule has 102 valence electrons. The summed E-state index contributed by atoms with van der Waals surface area (Å²) in [5.41, 5.74) is 0.534. The van der Waals surface area contributed by atoms with Crippen LogP contribution in [0.15, 0.2) is 18.3 Å². The Morgan fingerprint density at radius 1 is 1.39 bits per heavy atom. The average Bonchev–Trinajstić information content (AvgIpc) is 2.39. The minimum absolute atomic E-state index is 0. The van der Waals surface area contributed by atoms with Gasteiger partial charge in [0.15, 0.2) is 0 Å². The molecule has 0 amide bonds. The second-order valence-electron chi connectivity index (χ2n) is 3.60. The highest BCUT2D eigenvalue weighted by Crippen LogP contribution is 2.18. The quantitative estimate of drug-likeness (QED) is 0.828. The molecule has 1 saturated heterocycles. The fourth-order valence-electron chi connectivity index (χ4n) is 1.79. The number of ether oxygens (including phenoxy) is 1. The highest BCUT2D eigenvalue weighted by molar-refractivity contribution is 5.94. The predicted octanol–water partition coefficient (Wildman–Crippen LogP) is 1.12. The molecular weight excluding hydrogens is 277 g/mol. The Morgan fingerprint density at radius 3 is 2.67 bits per heavy atom. The minimum Gasteiger partial charge on any atom is -0.465 e. The monoisotopic (exact) mass is 293 g/mol. The zero-order valence-electron chi connectivity index (χ0n) is 10.1. The summed E-state index contributed by atoms with van der Waals surface area (Å²) in [4.78, 5) is 17.9. The molecule has 1 aliphatic heterocycles. The molecule has 0 unspecified atom stereocenters. The van der Waals surface area contributed by atoms with Gasteiger partial charge in [0, 0.05) is 32.4 Å². The molecule has 7 heteroatoms. The molecule has 0 radical (unpaired) electrons. The number of esters is 1. The van der Waals surface area contributed by atoms with Crippen LogP contribution in [0.25, 0.3) is 0 Å². The standard InChI is InChI=1S/C11H15N3O2.2ClH/c1-16-11(15)9-3-2-4-13-10(9)14-7-5-12-6-8-14;;/h2-4,12H,5-8H2,1H3;2*1H. The third-order valence-electron chi connectivity index (χ3n) is 2.61. The zero-order valence-corrected chi connectivity index (χ0v) is 11.7. The van der Waals surface area contributed by atoms with E-state index in [0.29, 0.717) is 5.56 Å². The summed E-state index contributed by atoms with van der Waals surface area (Å²) in [5.74, 6) is 0.387. The molecule has 5 nitrogen and oxygen atoms in total. The van der Waals surface area contributed by atoms with E-state index in [9.17, 15) is 4.79 Å². The van der Waals surface area contributed by atoms with Crippen molar-refractivity contribution in [3.63, 3.8) is 0 Å². The lowest BCUT2D eigenvalue weighted by molar-refractivity contribution is 0.0601. The van der Waals surface area contributed by atoms with Crippen LogP contribution in [0.4, 0.5) is 5.82 Å². The second kappa shape index (κ2) is 8.13. The van der Waals surface area contributed by atoms with Gasteiger partial charge in [0.2, 0.25) is 0 Å². The normalized spacial score (nSPS) is 14.2. The fraction of sp³-hybridized carbons (Fsp3) is 0.455. The van der Waals surface area contributed by atoms with Gasteiger partial charge in [0.05, 0.1) is 7.11 Å². The van der Waals surface area contributed by atoms with Crippen LogP contribution in [0, 0.1) is 0 Å². The van der Waals surface area contributed by atoms with Crippen LogP contribution in [-0.2, 0) is 4.74 Å². The molecule has 1 N–H and O–H groups in total. The number of aromatic nitrogens is 1. The van der Waals surface area contributed by atoms with E-state index in [-0.39, 0.29) is 30.8 Å². The van der Waals surface area contributed by atoms with Gasteiger partial charge in [-0.15, -0.1) is 24.8 Å². The van der Waals surface area contributed by atoms with Crippen LogP contribution in [0.2, 0.25) is 0 Å². The van der Waals surface area contributed by atoms with E-state index >= 15 is 0 Å². The van der Waals surface area contributed by atoms with Gasteiger partial charge in [-0.05, 0) is 12.1 Å². The number of nitrogens with one attached hydrogen (secondary N) is 1. The van der Waals surface area contributed by atoms with Crippen LogP contribution in [0.5, 0.6) is 0 Å². The van der Waals surface area contributed by atoms with E-state index in [0.717, 1.165) is 32.0 Å². The number of anilines is 1. The summed E-state index contributed by atoms with van der Waals surface area (Å²) in [5, 5.41) is 3.26. The number of carbonyl (C=O) groups is 1. The molecule has 1 aromatic heterocycles. The summed E-state index contributed by atoms with van der Waals surface area (Å²) in [6.07, 6.45) is 1.70. The van der Waals surface area contributed by atoms with Crippen LogP contribution < -0.4 is 10.2 Å². The van der Waals surface area contributed by atoms with Crippen LogP contribution in [-0.4, -0.2) is 44.2 Å². The van der Waals surface area contributed by atoms with Gasteiger partial charge in [-0.1, -0.05) is 0 Å². The first kappa shape index (κ1) is 17.0. The van der Waals surface area contributed by atoms with E-state index in [1.54, 1.807) is 18.3 Å². The number of hydrogen-bond acceptors (Lipinski definition) is 5. The van der Waals surface area contributed by atoms with Crippen molar-refractivity contribution >= 4 is 36.6 Å². The summed E-state index contributed by atoms with van der Waals surface area (Å²) >= 11 is 0. The Balaban J connectivity index is 0.00000144. The number of methoxy groups -OCH3 is 1. The van der Waals surface area contributed by atoms with E-state index < -0.39 is 0 Å². The molecular formula is C11H17Cl2N3O2. The van der Waals surface area contributed by atoms with Crippen molar-refractivity contribution in [3.8, 4) is 0 Å². The molecule has 0 bridgehead atoms. The Morgan fingerprint density at radius 2 is 2.06 bits per heavy atom. The molecule has 18 heavy (non-hydrogen) atoms. The van der Waals surface area contributed by atoms with Crippen molar-refractivity contribution in [1.29, 1.82) is 0 Å². The lowest BCUT2D eigenvalue weighted by Crippen LogP contribution is -2.44. The molecule has 1 aliphatic rings. The number of hydrogen-bond donors (Lipinski definition) is 1. The molecule has 0 saturated carbocycles. The van der Waals surface area contributed by atoms with Gasteiger partial charge < -0.3 is 15.0 Å². The number of rotatable bonds is 2. The van der Waals surface area contributed by atoms with Gasteiger partial charge in [-0.25, -0.2) is 9.78 Å². The number of carbonyl (C=O) groups excluding carboxylic acids is 1. The van der Waals surface area contributed by atoms with Gasteiger partial charge in [-0.2, -0.15) is 0 Å². The van der Waals surface area contributed by atoms with Gasteiger partial charge in [0.25, 0.3) is 0 Å². The third kappa shape index (κ3) is 3.73. The second-order valence-corrected chi connectivity index (χ2v) is 3.60. The number of piperazine rings is 1.